The van der Waals surface area contributed by atoms with Crippen LogP contribution in [0.2, 0.25) is 0 Å². The average Bonchev–Trinajstić information content (AvgIpc) is 2.64. The molecule has 7 nitrogen and oxygen atoms in total. The quantitative estimate of drug-likeness (QED) is 0.520. The summed E-state index contributed by atoms with van der Waals surface area (Å²) in [4.78, 5) is 40.5. The maximum atomic E-state index is 13.4. The second-order valence-electron chi connectivity index (χ2n) is 9.37. The normalized spacial score (nSPS) is 13.1. The highest BCUT2D eigenvalue weighted by Crippen LogP contribution is 2.25. The van der Waals surface area contributed by atoms with Gasteiger partial charge in [-0.2, -0.15) is 0 Å². The van der Waals surface area contributed by atoms with Crippen LogP contribution < -0.4 is 10.6 Å². The molecule has 0 aliphatic heterocycles. The summed E-state index contributed by atoms with van der Waals surface area (Å²) in [5.74, 6) is -0.540. The summed E-state index contributed by atoms with van der Waals surface area (Å²) in [6.07, 6.45) is 1.84. The number of nitrogens with zero attached hydrogens (tertiary/aromatic N) is 1. The molecule has 2 unspecified atom stereocenters. The molecule has 0 fully saturated rings. The predicted molar refractivity (Wildman–Crippen MR) is 127 cm³/mol. The molecule has 0 aromatic heterocycles. The molecule has 2 atom stereocenters. The smallest absolute Gasteiger partial charge is 0.408 e. The Labute approximate surface area is 193 Å². The van der Waals surface area contributed by atoms with E-state index >= 15 is 0 Å². The molecule has 3 amide bonds. The molecule has 7 heteroatoms. The lowest BCUT2D eigenvalue weighted by Gasteiger charge is -2.33. The fourth-order valence-electron chi connectivity index (χ4n) is 3.53. The lowest BCUT2D eigenvalue weighted by atomic mass is 9.98. The van der Waals surface area contributed by atoms with Gasteiger partial charge in [-0.3, -0.25) is 9.59 Å². The molecular weight excluding hydrogens is 406 g/mol. The van der Waals surface area contributed by atoms with E-state index in [1.54, 1.807) is 32.6 Å². The van der Waals surface area contributed by atoms with E-state index in [1.165, 1.54) is 0 Å². The number of carbonyl (C=O) groups excluding carboxylic acids is 3. The summed E-state index contributed by atoms with van der Waals surface area (Å²) in [7, 11) is 0. The number of benzene rings is 1. The topological polar surface area (TPSA) is 87.7 Å². The van der Waals surface area contributed by atoms with E-state index in [2.05, 4.69) is 17.6 Å². The summed E-state index contributed by atoms with van der Waals surface area (Å²) < 4.78 is 5.29. The van der Waals surface area contributed by atoms with Gasteiger partial charge in [0.1, 0.15) is 17.7 Å². The molecule has 180 valence electrons. The fraction of sp³-hybridized carbons (Fsp3) is 0.640. The zero-order chi connectivity index (χ0) is 24.5. The van der Waals surface area contributed by atoms with E-state index in [-0.39, 0.29) is 11.8 Å². The maximum absolute atomic E-state index is 13.4. The van der Waals surface area contributed by atoms with Gasteiger partial charge in [0.15, 0.2) is 0 Å². The van der Waals surface area contributed by atoms with Crippen LogP contribution >= 0.6 is 0 Å². The van der Waals surface area contributed by atoms with Gasteiger partial charge < -0.3 is 20.3 Å². The number of rotatable bonds is 10. The first kappa shape index (κ1) is 27.5. The maximum Gasteiger partial charge on any atom is 0.408 e. The molecule has 1 aromatic carbocycles. The molecule has 0 saturated heterocycles. The number of hydrogen-bond acceptors (Lipinski definition) is 4. The third kappa shape index (κ3) is 8.89. The first-order valence-electron chi connectivity index (χ1n) is 11.6. The molecule has 0 aliphatic rings. The van der Waals surface area contributed by atoms with Gasteiger partial charge in [-0.15, -0.1) is 0 Å². The Bertz CT molecular complexity index is 766. The molecule has 0 heterocycles. The Morgan fingerprint density at radius 1 is 1.03 bits per heavy atom. The molecule has 32 heavy (non-hydrogen) atoms. The minimum absolute atomic E-state index is 0.213. The minimum Gasteiger partial charge on any atom is -0.444 e. The van der Waals surface area contributed by atoms with Gasteiger partial charge in [0, 0.05) is 13.1 Å². The summed E-state index contributed by atoms with van der Waals surface area (Å²) >= 11 is 0. The van der Waals surface area contributed by atoms with Gasteiger partial charge >= 0.3 is 6.09 Å². The van der Waals surface area contributed by atoms with Crippen molar-refractivity contribution in [2.24, 2.45) is 0 Å². The standard InChI is InChI=1S/C25H41N3O4/c1-9-11-12-26-22(29)21(20-15-17(3)14-18(4)16-20)28(13-10-2)23(30)19(5)27-24(31)32-25(6,7)8/h14-16,19,21H,9-13H2,1-8H3,(H,26,29)(H,27,31). The van der Waals surface area contributed by atoms with Gasteiger partial charge in [0.05, 0.1) is 0 Å². The predicted octanol–water partition coefficient (Wildman–Crippen LogP) is 4.41. The number of ether oxygens (including phenoxy) is 1. The number of carbonyl (C=O) groups is 3. The number of hydrogen-bond donors (Lipinski definition) is 2. The third-order valence-corrected chi connectivity index (χ3v) is 4.80. The molecule has 0 bridgehead atoms. The molecule has 0 aliphatic carbocycles. The van der Waals surface area contributed by atoms with Crippen LogP contribution in [0.3, 0.4) is 0 Å². The molecule has 0 saturated carbocycles. The lowest BCUT2D eigenvalue weighted by molar-refractivity contribution is -0.142. The molecule has 0 radical (unpaired) electrons. The first-order chi connectivity index (χ1) is 14.9. The highest BCUT2D eigenvalue weighted by molar-refractivity contribution is 5.92. The first-order valence-corrected chi connectivity index (χ1v) is 11.6. The Kier molecular flexibility index (Phi) is 10.7. The van der Waals surface area contributed by atoms with E-state index in [1.807, 2.05) is 39.0 Å². The van der Waals surface area contributed by atoms with Crippen molar-refractivity contribution in [3.8, 4) is 0 Å². The van der Waals surface area contributed by atoms with Gasteiger partial charge in [0.25, 0.3) is 0 Å². The van der Waals surface area contributed by atoms with Crippen LogP contribution in [0.4, 0.5) is 4.79 Å². The summed E-state index contributed by atoms with van der Waals surface area (Å²) in [6, 6.07) is 4.31. The Morgan fingerprint density at radius 2 is 1.62 bits per heavy atom. The largest absolute Gasteiger partial charge is 0.444 e. The number of alkyl carbamates (subject to hydrolysis) is 1. The summed E-state index contributed by atoms with van der Waals surface area (Å²) in [5.41, 5.74) is 2.14. The van der Waals surface area contributed by atoms with Gasteiger partial charge in [-0.25, -0.2) is 4.79 Å². The SMILES string of the molecule is CCCCNC(=O)C(c1cc(C)cc(C)c1)N(CCC)C(=O)C(C)NC(=O)OC(C)(C)C. The molecule has 2 N–H and O–H groups in total. The highest BCUT2D eigenvalue weighted by Gasteiger charge is 2.34. The highest BCUT2D eigenvalue weighted by atomic mass is 16.6. The van der Waals surface area contributed by atoms with Gasteiger partial charge in [-0.05, 0) is 59.9 Å². The van der Waals surface area contributed by atoms with Crippen molar-refractivity contribution in [1.29, 1.82) is 0 Å². The second-order valence-corrected chi connectivity index (χ2v) is 9.37. The van der Waals surface area contributed by atoms with Gasteiger partial charge in [-0.1, -0.05) is 49.6 Å². The minimum atomic E-state index is -0.840. The van der Waals surface area contributed by atoms with E-state index in [0.717, 1.165) is 29.5 Å². The third-order valence-electron chi connectivity index (χ3n) is 4.80. The fourth-order valence-corrected chi connectivity index (χ4v) is 3.53. The van der Waals surface area contributed by atoms with Crippen molar-refractivity contribution in [3.63, 3.8) is 0 Å². The van der Waals surface area contributed by atoms with E-state index in [4.69, 9.17) is 4.74 Å². The molecule has 0 spiro atoms. The van der Waals surface area contributed by atoms with E-state index in [9.17, 15) is 14.4 Å². The van der Waals surface area contributed by atoms with Crippen molar-refractivity contribution in [3.05, 3.63) is 34.9 Å². The zero-order valence-corrected chi connectivity index (χ0v) is 21.0. The summed E-state index contributed by atoms with van der Waals surface area (Å²) in [5, 5.41) is 5.59. The van der Waals surface area contributed by atoms with Crippen molar-refractivity contribution >= 4 is 17.9 Å². The number of nitrogens with one attached hydrogen (secondary N) is 2. The average molecular weight is 448 g/mol. The molecular formula is C25H41N3O4. The van der Waals surface area contributed by atoms with Crippen LogP contribution in [0.15, 0.2) is 18.2 Å². The Hall–Kier alpha value is -2.57. The van der Waals surface area contributed by atoms with Crippen LogP contribution in [-0.2, 0) is 14.3 Å². The zero-order valence-electron chi connectivity index (χ0n) is 21.0. The second kappa shape index (κ2) is 12.5. The Morgan fingerprint density at radius 3 is 2.12 bits per heavy atom. The monoisotopic (exact) mass is 447 g/mol. The number of amides is 3. The summed E-state index contributed by atoms with van der Waals surface area (Å²) in [6.45, 7) is 15.8. The van der Waals surface area contributed by atoms with Crippen LogP contribution in [-0.4, -0.2) is 47.5 Å². The van der Waals surface area contributed by atoms with Crippen LogP contribution in [0.1, 0.15) is 83.5 Å². The number of aryl methyl sites for hydroxylation is 2. The molecule has 1 rings (SSSR count). The lowest BCUT2D eigenvalue weighted by Crippen LogP contribution is -2.52. The van der Waals surface area contributed by atoms with E-state index < -0.39 is 23.8 Å². The van der Waals surface area contributed by atoms with Gasteiger partial charge in [0.2, 0.25) is 11.8 Å². The van der Waals surface area contributed by atoms with Crippen molar-refractivity contribution in [1.82, 2.24) is 15.5 Å². The van der Waals surface area contributed by atoms with Crippen molar-refractivity contribution in [2.75, 3.05) is 13.1 Å². The van der Waals surface area contributed by atoms with Crippen LogP contribution in [0.25, 0.3) is 0 Å². The van der Waals surface area contributed by atoms with E-state index in [0.29, 0.717) is 19.5 Å². The van der Waals surface area contributed by atoms with Crippen molar-refractivity contribution < 1.29 is 19.1 Å². The molecule has 1 aromatic rings. The van der Waals surface area contributed by atoms with Crippen LogP contribution in [0.5, 0.6) is 0 Å². The van der Waals surface area contributed by atoms with Crippen LogP contribution in [0, 0.1) is 13.8 Å². The number of unbranched alkanes of at least 4 members (excludes halogenated alkanes) is 1. The Balaban J connectivity index is 3.25. The van der Waals surface area contributed by atoms with Crippen molar-refractivity contribution in [2.45, 2.75) is 92.3 Å².